The van der Waals surface area contributed by atoms with Gasteiger partial charge in [0, 0.05) is 43.2 Å². The molecule has 1 aromatic carbocycles. The average Bonchev–Trinajstić information content (AvgIpc) is 2.90. The summed E-state index contributed by atoms with van der Waals surface area (Å²) >= 11 is 0. The van der Waals surface area contributed by atoms with E-state index in [9.17, 15) is 9.59 Å². The quantitative estimate of drug-likeness (QED) is 0.682. The highest BCUT2D eigenvalue weighted by atomic mass is 16.3. The third kappa shape index (κ3) is 4.06. The number of likely N-dealkylation sites (N-methyl/N-ethyl adjacent to an activating group) is 1. The van der Waals surface area contributed by atoms with E-state index in [1.807, 2.05) is 37.3 Å². The fourth-order valence-corrected chi connectivity index (χ4v) is 3.58. The summed E-state index contributed by atoms with van der Waals surface area (Å²) in [6.07, 6.45) is 7.08. The summed E-state index contributed by atoms with van der Waals surface area (Å²) in [4.78, 5) is 30.2. The summed E-state index contributed by atoms with van der Waals surface area (Å²) in [5.41, 5.74) is 3.69. The Labute approximate surface area is 169 Å². The molecule has 0 radical (unpaired) electrons. The van der Waals surface area contributed by atoms with Crippen LogP contribution in [0, 0.1) is 6.92 Å². The van der Waals surface area contributed by atoms with Gasteiger partial charge in [-0.15, -0.1) is 0 Å². The molecule has 29 heavy (non-hydrogen) atoms. The van der Waals surface area contributed by atoms with Crippen molar-refractivity contribution in [2.45, 2.75) is 32.7 Å². The van der Waals surface area contributed by atoms with Crippen molar-refractivity contribution in [2.75, 3.05) is 12.4 Å². The van der Waals surface area contributed by atoms with E-state index in [2.05, 4.69) is 10.3 Å². The molecular formula is C23H23N3O3. The Morgan fingerprint density at radius 3 is 3.00 bits per heavy atom. The van der Waals surface area contributed by atoms with Gasteiger partial charge < -0.3 is 14.6 Å². The number of fused-ring (bicyclic) bond motifs is 2. The lowest BCUT2D eigenvalue weighted by Gasteiger charge is -2.15. The van der Waals surface area contributed by atoms with Gasteiger partial charge in [0.2, 0.25) is 11.8 Å². The zero-order valence-corrected chi connectivity index (χ0v) is 16.6. The minimum atomic E-state index is -0.0991. The first-order valence-corrected chi connectivity index (χ1v) is 9.70. The minimum absolute atomic E-state index is 0.00147. The van der Waals surface area contributed by atoms with Crippen LogP contribution < -0.4 is 5.32 Å². The van der Waals surface area contributed by atoms with Gasteiger partial charge in [0.15, 0.2) is 0 Å². The first-order valence-electron chi connectivity index (χ1n) is 9.70. The van der Waals surface area contributed by atoms with Crippen molar-refractivity contribution < 1.29 is 14.0 Å². The predicted octanol–water partition coefficient (Wildman–Crippen LogP) is 4.08. The molecule has 0 atom stereocenters. The van der Waals surface area contributed by atoms with E-state index in [4.69, 9.17) is 4.42 Å². The number of para-hydroxylation sites is 1. The summed E-state index contributed by atoms with van der Waals surface area (Å²) in [7, 11) is 1.78. The molecule has 0 aliphatic carbocycles. The zero-order valence-electron chi connectivity index (χ0n) is 16.6. The Balaban J connectivity index is 1.47. The molecule has 0 unspecified atom stereocenters. The number of carbonyl (C=O) groups is 2. The van der Waals surface area contributed by atoms with Crippen molar-refractivity contribution in [3.8, 4) is 0 Å². The maximum absolute atomic E-state index is 12.6. The molecule has 4 rings (SSSR count). The van der Waals surface area contributed by atoms with Crippen LogP contribution in [0.25, 0.3) is 17.0 Å². The molecule has 0 saturated carbocycles. The van der Waals surface area contributed by atoms with Crippen LogP contribution in [-0.2, 0) is 22.6 Å². The third-order valence-corrected chi connectivity index (χ3v) is 5.19. The van der Waals surface area contributed by atoms with Crippen LogP contribution >= 0.6 is 0 Å². The number of aromatic nitrogens is 1. The average molecular weight is 389 g/mol. The van der Waals surface area contributed by atoms with E-state index >= 15 is 0 Å². The summed E-state index contributed by atoms with van der Waals surface area (Å²) in [6, 6.07) is 9.82. The minimum Gasteiger partial charge on any atom is -0.461 e. The smallest absolute Gasteiger partial charge is 0.246 e. The van der Waals surface area contributed by atoms with Crippen LogP contribution in [0.3, 0.4) is 0 Å². The number of furan rings is 1. The SMILES string of the molecule is Cc1oc2ccccc2c1CN(C)C(=O)/C=C/c1cnc2c(c1)CCCC(=O)N2. The Kier molecular flexibility index (Phi) is 5.16. The number of nitrogens with zero attached hydrogens (tertiary/aromatic N) is 2. The number of rotatable bonds is 4. The standard InChI is InChI=1S/C23H23N3O3/c1-15-19(18-7-3-4-8-20(18)29-15)14-26(2)22(28)11-10-16-12-17-6-5-9-21(27)25-23(17)24-13-16/h3-4,7-8,10-13H,5-6,9,14H2,1-2H3,(H,24,25,27)/b11-10+. The second-order valence-corrected chi connectivity index (χ2v) is 7.34. The van der Waals surface area contributed by atoms with Gasteiger partial charge in [-0.05, 0) is 49.1 Å². The molecule has 0 saturated heterocycles. The van der Waals surface area contributed by atoms with Crippen molar-refractivity contribution in [3.63, 3.8) is 0 Å². The van der Waals surface area contributed by atoms with Crippen LogP contribution in [0.1, 0.15) is 35.3 Å². The number of hydrogen-bond donors (Lipinski definition) is 1. The maximum atomic E-state index is 12.6. The van der Waals surface area contributed by atoms with E-state index in [1.54, 1.807) is 30.3 Å². The van der Waals surface area contributed by atoms with Crippen LogP contribution in [-0.4, -0.2) is 28.7 Å². The van der Waals surface area contributed by atoms with Gasteiger partial charge in [-0.2, -0.15) is 0 Å². The predicted molar refractivity (Wildman–Crippen MR) is 112 cm³/mol. The zero-order chi connectivity index (χ0) is 20.4. The summed E-state index contributed by atoms with van der Waals surface area (Å²) in [6.45, 7) is 2.39. The molecule has 6 nitrogen and oxygen atoms in total. The summed E-state index contributed by atoms with van der Waals surface area (Å²) in [5.74, 6) is 1.35. The van der Waals surface area contributed by atoms with Crippen molar-refractivity contribution in [3.05, 3.63) is 65.1 Å². The summed E-state index contributed by atoms with van der Waals surface area (Å²) < 4.78 is 5.79. The Morgan fingerprint density at radius 2 is 2.14 bits per heavy atom. The van der Waals surface area contributed by atoms with E-state index < -0.39 is 0 Å². The number of pyridine rings is 1. The van der Waals surface area contributed by atoms with Crippen molar-refractivity contribution in [2.24, 2.45) is 0 Å². The molecule has 2 amide bonds. The van der Waals surface area contributed by atoms with Crippen LogP contribution in [0.2, 0.25) is 0 Å². The molecule has 148 valence electrons. The van der Waals surface area contributed by atoms with Gasteiger partial charge in [-0.3, -0.25) is 9.59 Å². The monoisotopic (exact) mass is 389 g/mol. The largest absolute Gasteiger partial charge is 0.461 e. The van der Waals surface area contributed by atoms with E-state index in [0.717, 1.165) is 46.3 Å². The number of amides is 2. The second kappa shape index (κ2) is 7.91. The van der Waals surface area contributed by atoms with Crippen LogP contribution in [0.5, 0.6) is 0 Å². The molecule has 1 aliphatic rings. The molecular weight excluding hydrogens is 366 g/mol. The number of benzene rings is 1. The number of nitrogens with one attached hydrogen (secondary N) is 1. The fraction of sp³-hybridized carbons (Fsp3) is 0.261. The van der Waals surface area contributed by atoms with Gasteiger partial charge in [-0.25, -0.2) is 4.98 Å². The Morgan fingerprint density at radius 1 is 1.31 bits per heavy atom. The first kappa shape index (κ1) is 18.9. The van der Waals surface area contributed by atoms with Gasteiger partial charge in [0.25, 0.3) is 0 Å². The summed E-state index contributed by atoms with van der Waals surface area (Å²) in [5, 5.41) is 3.85. The van der Waals surface area contributed by atoms with Gasteiger partial charge in [0.05, 0.1) is 0 Å². The van der Waals surface area contributed by atoms with Gasteiger partial charge >= 0.3 is 0 Å². The molecule has 0 fully saturated rings. The highest BCUT2D eigenvalue weighted by molar-refractivity contribution is 5.93. The van der Waals surface area contributed by atoms with Crippen LogP contribution in [0.4, 0.5) is 5.82 Å². The Bertz CT molecular complexity index is 1110. The van der Waals surface area contributed by atoms with Crippen molar-refractivity contribution in [1.82, 2.24) is 9.88 Å². The lowest BCUT2D eigenvalue weighted by Crippen LogP contribution is -2.24. The van der Waals surface area contributed by atoms with Crippen molar-refractivity contribution in [1.29, 1.82) is 0 Å². The van der Waals surface area contributed by atoms with E-state index in [-0.39, 0.29) is 11.8 Å². The molecule has 1 N–H and O–H groups in total. The second-order valence-electron chi connectivity index (χ2n) is 7.34. The van der Waals surface area contributed by atoms with E-state index in [1.165, 1.54) is 0 Å². The molecule has 3 aromatic rings. The van der Waals surface area contributed by atoms with Crippen molar-refractivity contribution >= 4 is 34.7 Å². The topological polar surface area (TPSA) is 75.4 Å². The van der Waals surface area contributed by atoms with Gasteiger partial charge in [-0.1, -0.05) is 18.2 Å². The molecule has 0 spiro atoms. The first-order chi connectivity index (χ1) is 14.0. The number of anilines is 1. The lowest BCUT2D eigenvalue weighted by molar-refractivity contribution is -0.125. The van der Waals surface area contributed by atoms with Gasteiger partial charge in [0.1, 0.15) is 17.2 Å². The molecule has 0 bridgehead atoms. The number of aryl methyl sites for hydroxylation is 2. The fourth-order valence-electron chi connectivity index (χ4n) is 3.58. The third-order valence-electron chi connectivity index (χ3n) is 5.19. The molecule has 6 heteroatoms. The number of hydrogen-bond acceptors (Lipinski definition) is 4. The maximum Gasteiger partial charge on any atom is 0.246 e. The van der Waals surface area contributed by atoms with E-state index in [0.29, 0.717) is 18.8 Å². The molecule has 1 aliphatic heterocycles. The highest BCUT2D eigenvalue weighted by Crippen LogP contribution is 2.26. The molecule has 2 aromatic heterocycles. The highest BCUT2D eigenvalue weighted by Gasteiger charge is 2.16. The van der Waals surface area contributed by atoms with Crippen LogP contribution in [0.15, 0.2) is 47.0 Å². The molecule has 3 heterocycles. The number of carbonyl (C=O) groups excluding carboxylic acids is 2. The Hall–Kier alpha value is -3.41. The lowest BCUT2D eigenvalue weighted by atomic mass is 10.1. The normalized spacial score (nSPS) is 13.9.